The fraction of sp³-hybridized carbons (Fsp3) is 0.267. The number of imide groups is 2. The number of ether oxygens (including phenoxy) is 1. The van der Waals surface area contributed by atoms with Crippen molar-refractivity contribution in [2.24, 2.45) is 0 Å². The summed E-state index contributed by atoms with van der Waals surface area (Å²) in [5.74, 6) is -4.75. The molecule has 6 amide bonds. The number of alkyl halides is 6. The summed E-state index contributed by atoms with van der Waals surface area (Å²) in [6.45, 7) is 1.37. The second-order valence-corrected chi connectivity index (χ2v) is 11.0. The van der Waals surface area contributed by atoms with E-state index in [9.17, 15) is 32.9 Å². The molecule has 0 aliphatic heterocycles. The van der Waals surface area contributed by atoms with Gasteiger partial charge in [0.1, 0.15) is 0 Å². The molecule has 10 nitrogen and oxygen atoms in total. The van der Waals surface area contributed by atoms with Crippen LogP contribution < -0.4 is 10.6 Å². The molecule has 0 fully saturated rings. The third-order valence-electron chi connectivity index (χ3n) is 3.27. The third-order valence-corrected chi connectivity index (χ3v) is 5.09. The number of anilines is 2. The standard InChI is InChI=1S/C15H9BrCl6F2N4O6/c1-2-34-9(29)5-3-6(25-12(32)27(23)10(30)14(17,18)19)8(16)7(4-5)26-13(33)28(24)11(31)15(20,21)22/h3-4H,2H2,1H3,(H,25,32)(H,26,33). The van der Waals surface area contributed by atoms with Gasteiger partial charge in [0.25, 0.3) is 7.59 Å². The average Bonchev–Trinajstić information content (AvgIpc) is 2.72. The topological polar surface area (TPSA) is 125 Å². The number of carbonyl (C=O) groups excluding carboxylic acids is 5. The maximum absolute atomic E-state index is 14.0. The minimum Gasteiger partial charge on any atom is -0.462 e. The molecule has 188 valence electrons. The van der Waals surface area contributed by atoms with E-state index in [0.717, 1.165) is 12.1 Å². The van der Waals surface area contributed by atoms with Gasteiger partial charge < -0.3 is 15.4 Å². The Bertz CT molecular complexity index is 955. The van der Waals surface area contributed by atoms with Crippen molar-refractivity contribution >= 4 is 127 Å². The van der Waals surface area contributed by atoms with Crippen molar-refractivity contribution in [2.45, 2.75) is 14.5 Å². The van der Waals surface area contributed by atoms with Gasteiger partial charge >= 0.3 is 29.8 Å². The van der Waals surface area contributed by atoms with Gasteiger partial charge in [0.2, 0.25) is 0 Å². The zero-order chi connectivity index (χ0) is 26.6. The fourth-order valence-electron chi connectivity index (χ4n) is 1.87. The predicted octanol–water partition coefficient (Wildman–Crippen LogP) is 5.86. The average molecular weight is 672 g/mol. The first-order valence-electron chi connectivity index (χ1n) is 8.18. The lowest BCUT2D eigenvalue weighted by molar-refractivity contribution is -0.138. The molecular weight excluding hydrogens is 663 g/mol. The second-order valence-electron chi connectivity index (χ2n) is 5.63. The van der Waals surface area contributed by atoms with Crippen LogP contribution in [0.5, 0.6) is 0 Å². The highest BCUT2D eigenvalue weighted by atomic mass is 79.9. The van der Waals surface area contributed by atoms with Crippen LogP contribution in [0, 0.1) is 0 Å². The van der Waals surface area contributed by atoms with Crippen LogP contribution in [0.3, 0.4) is 0 Å². The van der Waals surface area contributed by atoms with Crippen molar-refractivity contribution in [1.82, 2.24) is 10.2 Å². The first-order chi connectivity index (χ1) is 15.4. The van der Waals surface area contributed by atoms with E-state index in [0.29, 0.717) is 0 Å². The minimum atomic E-state index is -2.82. The third kappa shape index (κ3) is 8.11. The lowest BCUT2D eigenvalue weighted by atomic mass is 10.1. The van der Waals surface area contributed by atoms with E-state index in [1.807, 2.05) is 10.6 Å². The Labute approximate surface area is 227 Å². The molecule has 1 rings (SSSR count). The zero-order valence-electron chi connectivity index (χ0n) is 16.1. The number of halogens is 9. The zero-order valence-corrected chi connectivity index (χ0v) is 22.2. The van der Waals surface area contributed by atoms with Gasteiger partial charge in [-0.15, -0.1) is 0 Å². The summed E-state index contributed by atoms with van der Waals surface area (Å²) < 4.78 is 26.9. The highest BCUT2D eigenvalue weighted by Gasteiger charge is 2.40. The number of amides is 6. The Morgan fingerprint density at radius 2 is 1.24 bits per heavy atom. The molecule has 0 spiro atoms. The maximum atomic E-state index is 14.0. The molecule has 0 bridgehead atoms. The van der Waals surface area contributed by atoms with Crippen LogP contribution in [-0.2, 0) is 14.3 Å². The van der Waals surface area contributed by atoms with Gasteiger partial charge in [-0.25, -0.2) is 14.4 Å². The summed E-state index contributed by atoms with van der Waals surface area (Å²) in [6, 6.07) is -1.70. The normalized spacial score (nSPS) is 11.4. The Morgan fingerprint density at radius 1 is 0.882 bits per heavy atom. The molecule has 0 saturated carbocycles. The minimum absolute atomic E-state index is 0.0930. The fourth-order valence-corrected chi connectivity index (χ4v) is 2.75. The van der Waals surface area contributed by atoms with Crippen LogP contribution in [0.4, 0.5) is 29.9 Å². The lowest BCUT2D eigenvalue weighted by Crippen LogP contribution is -2.40. The van der Waals surface area contributed by atoms with Crippen LogP contribution in [0.15, 0.2) is 16.6 Å². The van der Waals surface area contributed by atoms with Gasteiger partial charge in [-0.05, 0) is 35.0 Å². The second kappa shape index (κ2) is 12.1. The van der Waals surface area contributed by atoms with Crippen molar-refractivity contribution in [3.63, 3.8) is 0 Å². The number of carbonyl (C=O) groups is 5. The number of nitrogens with zero attached hydrogens (tertiary/aromatic N) is 2. The number of esters is 1. The Kier molecular flexibility index (Phi) is 10.9. The molecule has 19 heteroatoms. The molecule has 0 aliphatic carbocycles. The van der Waals surface area contributed by atoms with E-state index in [1.54, 1.807) is 0 Å². The number of urea groups is 2. The highest BCUT2D eigenvalue weighted by Crippen LogP contribution is 2.35. The van der Waals surface area contributed by atoms with Gasteiger partial charge in [0.15, 0.2) is 0 Å². The van der Waals surface area contributed by atoms with E-state index in [-0.39, 0.29) is 16.6 Å². The number of hydrogen-bond acceptors (Lipinski definition) is 6. The molecule has 0 aliphatic rings. The van der Waals surface area contributed by atoms with Gasteiger partial charge in [0.05, 0.1) is 28.0 Å². The molecule has 1 aromatic rings. The molecule has 0 saturated heterocycles. The molecule has 2 N–H and O–H groups in total. The number of hydrogen-bond donors (Lipinski definition) is 2. The van der Waals surface area contributed by atoms with Gasteiger partial charge in [-0.3, -0.25) is 9.59 Å². The summed E-state index contributed by atoms with van der Waals surface area (Å²) in [6.07, 6.45) is 0. The summed E-state index contributed by atoms with van der Waals surface area (Å²) >= 11 is 34.3. The molecule has 34 heavy (non-hydrogen) atoms. The summed E-state index contributed by atoms with van der Waals surface area (Å²) in [5.41, 5.74) is -1.26. The quantitative estimate of drug-likeness (QED) is 0.235. The Balaban J connectivity index is 3.37. The molecule has 0 radical (unpaired) electrons. The van der Waals surface area contributed by atoms with Gasteiger partial charge in [-0.2, -0.15) is 0 Å². The number of rotatable bonds is 4. The summed E-state index contributed by atoms with van der Waals surface area (Å²) in [7, 11) is 0. The van der Waals surface area contributed by atoms with Crippen LogP contribution >= 0.6 is 85.5 Å². The Morgan fingerprint density at radius 3 is 1.53 bits per heavy atom. The lowest BCUT2D eigenvalue weighted by Gasteiger charge is -2.19. The summed E-state index contributed by atoms with van der Waals surface area (Å²) in [4.78, 5) is 59.5. The van der Waals surface area contributed by atoms with Gasteiger partial charge in [0, 0.05) is 0 Å². The molecule has 0 unspecified atom stereocenters. The largest absolute Gasteiger partial charge is 0.462 e. The maximum Gasteiger partial charge on any atom is 0.357 e. The highest BCUT2D eigenvalue weighted by molar-refractivity contribution is 9.10. The van der Waals surface area contributed by atoms with E-state index in [2.05, 4.69) is 15.9 Å². The van der Waals surface area contributed by atoms with E-state index >= 15 is 0 Å². The summed E-state index contributed by atoms with van der Waals surface area (Å²) in [5, 5.41) is 1.58. The first kappa shape index (κ1) is 30.7. The molecule has 1 aromatic carbocycles. The van der Waals surface area contributed by atoms with Crippen LogP contribution in [0.2, 0.25) is 0 Å². The van der Waals surface area contributed by atoms with E-state index in [1.165, 1.54) is 6.92 Å². The van der Waals surface area contributed by atoms with E-state index in [4.69, 9.17) is 74.3 Å². The van der Waals surface area contributed by atoms with Crippen molar-refractivity contribution in [3.05, 3.63) is 22.2 Å². The molecular formula is C15H9BrCl6F2N4O6. The van der Waals surface area contributed by atoms with Crippen molar-refractivity contribution < 1.29 is 37.7 Å². The smallest absolute Gasteiger partial charge is 0.357 e. The van der Waals surface area contributed by atoms with Crippen LogP contribution in [0.25, 0.3) is 0 Å². The SMILES string of the molecule is CCOC(=O)c1cc(NC(=O)N(F)C(=O)C(Cl)(Cl)Cl)c(Br)c(NC(=O)N(F)C(=O)C(Cl)(Cl)Cl)c1. The monoisotopic (exact) mass is 668 g/mol. The molecule has 0 heterocycles. The Hall–Kier alpha value is -1.35. The predicted molar refractivity (Wildman–Crippen MR) is 125 cm³/mol. The van der Waals surface area contributed by atoms with Crippen LogP contribution in [-0.4, -0.2) is 54.3 Å². The van der Waals surface area contributed by atoms with Crippen LogP contribution in [0.1, 0.15) is 17.3 Å². The van der Waals surface area contributed by atoms with Crippen molar-refractivity contribution in [3.8, 4) is 0 Å². The van der Waals surface area contributed by atoms with Crippen molar-refractivity contribution in [2.75, 3.05) is 17.2 Å². The van der Waals surface area contributed by atoms with Gasteiger partial charge in [-0.1, -0.05) is 88.8 Å². The van der Waals surface area contributed by atoms with Crippen molar-refractivity contribution in [1.29, 1.82) is 0 Å². The van der Waals surface area contributed by atoms with E-state index < -0.39 is 59.0 Å². The first-order valence-corrected chi connectivity index (χ1v) is 11.2. The molecule has 0 aromatic heterocycles. The number of nitrogens with one attached hydrogen (secondary N) is 2. The molecule has 0 atom stereocenters. The number of benzene rings is 1.